The van der Waals surface area contributed by atoms with Gasteiger partial charge in [-0.1, -0.05) is 83.8 Å². The first kappa shape index (κ1) is 33.5. The van der Waals surface area contributed by atoms with Crippen LogP contribution < -0.4 is 0 Å². The Kier molecular flexibility index (Phi) is 22.6. The number of aliphatic hydroxyl groups excluding tert-OH is 1. The van der Waals surface area contributed by atoms with Crippen molar-refractivity contribution in [3.05, 3.63) is 12.2 Å². The molecule has 7 nitrogen and oxygen atoms in total. The third-order valence-corrected chi connectivity index (χ3v) is 6.82. The van der Waals surface area contributed by atoms with Gasteiger partial charge in [0, 0.05) is 19.6 Å². The number of hydrogen-bond donors (Lipinski definition) is 1. The van der Waals surface area contributed by atoms with Gasteiger partial charge in [0.1, 0.15) is 0 Å². The van der Waals surface area contributed by atoms with Gasteiger partial charge in [-0.3, -0.25) is 14.0 Å². The zero-order valence-electron chi connectivity index (χ0n) is 22.3. The Labute approximate surface area is 210 Å². The minimum atomic E-state index is -4.42. The van der Waals surface area contributed by atoms with Crippen molar-refractivity contribution in [2.24, 2.45) is 0 Å². The summed E-state index contributed by atoms with van der Waals surface area (Å²) in [6, 6.07) is 0. The van der Waals surface area contributed by atoms with Crippen LogP contribution in [0.25, 0.3) is 0 Å². The lowest BCUT2D eigenvalue weighted by Gasteiger charge is -2.29. The summed E-state index contributed by atoms with van der Waals surface area (Å²) in [7, 11) is -4.42. The Morgan fingerprint density at radius 1 is 0.853 bits per heavy atom. The number of aliphatic hydroxyl groups is 1. The van der Waals surface area contributed by atoms with Gasteiger partial charge in [-0.05, 0) is 45.6 Å². The molecule has 0 aromatic heterocycles. The number of rotatable bonds is 20. The molecule has 0 amide bonds. The van der Waals surface area contributed by atoms with Crippen LogP contribution in [0.5, 0.6) is 0 Å². The van der Waals surface area contributed by atoms with Crippen molar-refractivity contribution in [3.63, 3.8) is 0 Å². The molecule has 0 saturated carbocycles. The summed E-state index contributed by atoms with van der Waals surface area (Å²) >= 11 is 0. The molecule has 0 aliphatic carbocycles. The minimum Gasteiger partial charge on any atom is -0.726 e. The Bertz CT molecular complexity index is 572. The smallest absolute Gasteiger partial charge is 0.217 e. The summed E-state index contributed by atoms with van der Waals surface area (Å²) in [5.74, 6) is 0. The molecular weight excluding hydrogens is 452 g/mol. The molecule has 1 saturated heterocycles. The van der Waals surface area contributed by atoms with Gasteiger partial charge < -0.3 is 9.66 Å². The first-order valence-corrected chi connectivity index (χ1v) is 15.1. The van der Waals surface area contributed by atoms with E-state index in [1.54, 1.807) is 0 Å². The van der Waals surface area contributed by atoms with Gasteiger partial charge in [-0.15, -0.1) is 0 Å². The molecule has 0 aromatic carbocycles. The Morgan fingerprint density at radius 2 is 1.38 bits per heavy atom. The van der Waals surface area contributed by atoms with E-state index in [0.717, 1.165) is 19.6 Å². The summed E-state index contributed by atoms with van der Waals surface area (Å²) in [6.07, 6.45) is 24.4. The van der Waals surface area contributed by atoms with E-state index in [4.69, 9.17) is 0 Å². The summed E-state index contributed by atoms with van der Waals surface area (Å²) in [6.45, 7) is 10.4. The SMILES string of the molecule is CCCCCCCCC=CCCCCCCCC1N(CC)CCN1CCO.CCOS(=O)(=O)[O-]. The Hall–Kier alpha value is -0.510. The summed E-state index contributed by atoms with van der Waals surface area (Å²) in [4.78, 5) is 5.04. The molecule has 34 heavy (non-hydrogen) atoms. The Morgan fingerprint density at radius 3 is 1.85 bits per heavy atom. The second kappa shape index (κ2) is 22.9. The van der Waals surface area contributed by atoms with Crippen LogP contribution in [0.2, 0.25) is 0 Å². The van der Waals surface area contributed by atoms with Crippen molar-refractivity contribution in [3.8, 4) is 0 Å². The molecule has 1 fully saturated rings. The van der Waals surface area contributed by atoms with E-state index in [1.165, 1.54) is 103 Å². The minimum absolute atomic E-state index is 0.0914. The molecule has 0 bridgehead atoms. The largest absolute Gasteiger partial charge is 0.726 e. The lowest BCUT2D eigenvalue weighted by molar-refractivity contribution is 0.108. The molecule has 1 unspecified atom stereocenters. The number of allylic oxidation sites excluding steroid dienone is 2. The first-order chi connectivity index (χ1) is 16.4. The molecule has 8 heteroatoms. The second-order valence-corrected chi connectivity index (χ2v) is 10.1. The van der Waals surface area contributed by atoms with Gasteiger partial charge >= 0.3 is 0 Å². The maximum atomic E-state index is 9.45. The standard InChI is InChI=1S/C24H48N2O.C2H6O4S/c1-3-5-6-7-8-9-10-11-12-13-14-15-16-17-18-19-24-25(4-2)20-21-26(24)22-23-27;1-2-6-7(3,4)5/h11-12,24,27H,3-10,13-23H2,1-2H3;2H2,1H3,(H,3,4,5)/p-1. The highest BCUT2D eigenvalue weighted by Crippen LogP contribution is 2.20. The molecule has 204 valence electrons. The van der Waals surface area contributed by atoms with E-state index in [2.05, 4.69) is 40.0 Å². The van der Waals surface area contributed by atoms with Crippen LogP contribution in [-0.4, -0.2) is 73.4 Å². The third-order valence-electron chi connectivity index (χ3n) is 6.30. The number of β-amino-alcohol motifs (C(OH)–C–C–N with tert-alkyl or cyclic N) is 1. The summed E-state index contributed by atoms with van der Waals surface area (Å²) < 4.78 is 32.0. The summed E-state index contributed by atoms with van der Waals surface area (Å²) in [5, 5.41) is 9.24. The second-order valence-electron chi connectivity index (χ2n) is 9.06. The van der Waals surface area contributed by atoms with Crippen LogP contribution in [-0.2, 0) is 14.6 Å². The van der Waals surface area contributed by atoms with E-state index in [9.17, 15) is 18.1 Å². The van der Waals surface area contributed by atoms with E-state index < -0.39 is 10.4 Å². The number of nitrogens with zero attached hydrogens (tertiary/aromatic N) is 2. The monoisotopic (exact) mass is 505 g/mol. The zero-order valence-corrected chi connectivity index (χ0v) is 23.1. The molecule has 1 aliphatic rings. The molecule has 1 rings (SSSR count). The van der Waals surface area contributed by atoms with Crippen LogP contribution in [0.3, 0.4) is 0 Å². The highest BCUT2D eigenvalue weighted by atomic mass is 32.3. The predicted octanol–water partition coefficient (Wildman–Crippen LogP) is 5.46. The van der Waals surface area contributed by atoms with Crippen LogP contribution in [0.1, 0.15) is 111 Å². The maximum absolute atomic E-state index is 9.45. The molecule has 0 spiro atoms. The fraction of sp³-hybridized carbons (Fsp3) is 0.923. The van der Waals surface area contributed by atoms with E-state index in [1.807, 2.05) is 0 Å². The van der Waals surface area contributed by atoms with E-state index in [0.29, 0.717) is 12.8 Å². The molecule has 1 N–H and O–H groups in total. The van der Waals surface area contributed by atoms with Crippen molar-refractivity contribution >= 4 is 10.4 Å². The average molecular weight is 506 g/mol. The van der Waals surface area contributed by atoms with Gasteiger partial charge in [0.2, 0.25) is 10.4 Å². The van der Waals surface area contributed by atoms with Crippen LogP contribution in [0, 0.1) is 0 Å². The topological polar surface area (TPSA) is 93.1 Å². The van der Waals surface area contributed by atoms with Crippen molar-refractivity contribution in [2.75, 3.05) is 39.4 Å². The lowest BCUT2D eigenvalue weighted by atomic mass is 10.1. The molecule has 0 aromatic rings. The van der Waals surface area contributed by atoms with Crippen molar-refractivity contribution in [2.45, 2.75) is 117 Å². The predicted molar refractivity (Wildman–Crippen MR) is 140 cm³/mol. The van der Waals surface area contributed by atoms with Crippen LogP contribution in [0.15, 0.2) is 12.2 Å². The number of likely N-dealkylation sites (N-methyl/N-ethyl adjacent to an activating group) is 1. The van der Waals surface area contributed by atoms with Gasteiger partial charge in [0.15, 0.2) is 0 Å². The van der Waals surface area contributed by atoms with Crippen molar-refractivity contribution in [1.29, 1.82) is 0 Å². The van der Waals surface area contributed by atoms with Crippen LogP contribution >= 0.6 is 0 Å². The summed E-state index contributed by atoms with van der Waals surface area (Å²) in [5.41, 5.74) is 0. The Balaban J connectivity index is 0.00000135. The van der Waals surface area contributed by atoms with Crippen LogP contribution in [0.4, 0.5) is 0 Å². The van der Waals surface area contributed by atoms with Crippen molar-refractivity contribution in [1.82, 2.24) is 9.80 Å². The highest BCUT2D eigenvalue weighted by Gasteiger charge is 2.29. The normalized spacial score (nSPS) is 17.4. The van der Waals surface area contributed by atoms with Crippen molar-refractivity contribution < 1.29 is 22.3 Å². The quantitative estimate of drug-likeness (QED) is 0.102. The third kappa shape index (κ3) is 19.8. The zero-order chi connectivity index (χ0) is 25.5. The van der Waals surface area contributed by atoms with Gasteiger partial charge in [-0.2, -0.15) is 0 Å². The van der Waals surface area contributed by atoms with Gasteiger partial charge in [-0.25, -0.2) is 8.42 Å². The fourth-order valence-corrected chi connectivity index (χ4v) is 4.74. The highest BCUT2D eigenvalue weighted by molar-refractivity contribution is 7.80. The molecule has 0 radical (unpaired) electrons. The van der Waals surface area contributed by atoms with Gasteiger partial charge in [0.25, 0.3) is 0 Å². The fourth-order valence-electron chi connectivity index (χ4n) is 4.45. The maximum Gasteiger partial charge on any atom is 0.217 e. The average Bonchev–Trinajstić information content (AvgIpc) is 3.18. The number of unbranched alkanes of at least 4 members (excludes halogenated alkanes) is 11. The molecule has 1 heterocycles. The molecule has 1 atom stereocenters. The van der Waals surface area contributed by atoms with E-state index >= 15 is 0 Å². The number of hydrogen-bond acceptors (Lipinski definition) is 7. The lowest BCUT2D eigenvalue weighted by Crippen LogP contribution is -2.39. The van der Waals surface area contributed by atoms with Gasteiger partial charge in [0.05, 0.1) is 19.4 Å². The molecule has 1 aliphatic heterocycles. The van der Waals surface area contributed by atoms with E-state index in [-0.39, 0.29) is 6.61 Å². The molecular formula is C26H53N2O5S-. The first-order valence-electron chi connectivity index (χ1n) is 13.7.